The maximum atomic E-state index is 12.6. The van der Waals surface area contributed by atoms with E-state index in [2.05, 4.69) is 245 Å². The fourth-order valence-corrected chi connectivity index (χ4v) is 22.2. The van der Waals surface area contributed by atoms with Gasteiger partial charge < -0.3 is 68.5 Å². The van der Waals surface area contributed by atoms with Crippen molar-refractivity contribution in [2.75, 3.05) is 67.2 Å². The van der Waals surface area contributed by atoms with Gasteiger partial charge in [0.15, 0.2) is 11.3 Å². The number of rotatable bonds is 16. The first-order valence-corrected chi connectivity index (χ1v) is 46.6. The van der Waals surface area contributed by atoms with Crippen LogP contribution in [0.1, 0.15) is 113 Å². The molecule has 6 fully saturated rings. The van der Waals surface area contributed by atoms with Crippen LogP contribution in [0.5, 0.6) is 0 Å². The van der Waals surface area contributed by atoms with Gasteiger partial charge in [0.25, 0.3) is 0 Å². The van der Waals surface area contributed by atoms with Crippen molar-refractivity contribution in [1.29, 1.82) is 5.53 Å². The Hall–Kier alpha value is -10.3. The molecule has 9 aromatic heterocycles. The van der Waals surface area contributed by atoms with Crippen LogP contribution in [0.3, 0.4) is 0 Å². The molecule has 0 unspecified atom stereocenters. The van der Waals surface area contributed by atoms with E-state index in [4.69, 9.17) is 62.6 Å². The van der Waals surface area contributed by atoms with Crippen molar-refractivity contribution in [3.63, 3.8) is 0 Å². The summed E-state index contributed by atoms with van der Waals surface area (Å²) in [7, 11) is 0. The van der Waals surface area contributed by atoms with Gasteiger partial charge in [0.1, 0.15) is 16.8 Å². The fourth-order valence-electron chi connectivity index (χ4n) is 16.5. The molecule has 6 aliphatic rings. The number of carbonyl (C=O) groups excluding carboxylic acids is 3. The predicted molar refractivity (Wildman–Crippen MR) is 492 cm³/mol. The third kappa shape index (κ3) is 25.6. The molecule has 131 heavy (non-hydrogen) atoms. The summed E-state index contributed by atoms with van der Waals surface area (Å²) in [6.45, 7) is 22.2. The van der Waals surface area contributed by atoms with Crippen molar-refractivity contribution in [2.45, 2.75) is 185 Å². The van der Waals surface area contributed by atoms with Crippen molar-refractivity contribution in [3.05, 3.63) is 149 Å². The number of ether oxygens (including phenoxy) is 4. The maximum absolute atomic E-state index is 12.6. The number of thiophene rings is 3. The van der Waals surface area contributed by atoms with Crippen molar-refractivity contribution < 1.29 is 76.1 Å². The predicted octanol–water partition coefficient (Wildman–Crippen LogP) is 17.6. The van der Waals surface area contributed by atoms with E-state index in [0.717, 1.165) is 148 Å². The van der Waals surface area contributed by atoms with Crippen molar-refractivity contribution in [2.24, 2.45) is 106 Å². The minimum absolute atomic E-state index is 0. The van der Waals surface area contributed by atoms with Gasteiger partial charge in [-0.1, -0.05) is 71.6 Å². The minimum Gasteiger partial charge on any atom is -0.775 e. The Morgan fingerprint density at radius 2 is 0.947 bits per heavy atom. The van der Waals surface area contributed by atoms with Gasteiger partial charge in [0.05, 0.1) is 41.3 Å². The Morgan fingerprint density at radius 3 is 1.39 bits per heavy atom. The second-order valence-electron chi connectivity index (χ2n) is 33.0. The Labute approximate surface area is 806 Å². The number of aromatic nitrogens is 9. The Balaban J connectivity index is 0.000000152. The van der Waals surface area contributed by atoms with Crippen LogP contribution in [0.15, 0.2) is 252 Å². The number of carbonyl (C=O) groups is 3. The molecule has 1 aliphatic carbocycles. The van der Waals surface area contributed by atoms with Crippen LogP contribution in [0.2, 0.25) is 0 Å². The van der Waals surface area contributed by atoms with Crippen LogP contribution >= 0.6 is 73.5 Å². The number of hydrogen-bond acceptors (Lipinski definition) is 25. The van der Waals surface area contributed by atoms with Crippen LogP contribution in [0, 0.1) is 21.8 Å². The van der Waals surface area contributed by atoms with E-state index in [1.165, 1.54) is 44.5 Å². The van der Waals surface area contributed by atoms with Gasteiger partial charge >= 0.3 is 47.9 Å². The monoisotopic (exact) mass is 1980 g/mol. The quantitative estimate of drug-likeness (QED) is 0.0150. The first kappa shape index (κ1) is 99.7. The van der Waals surface area contributed by atoms with Crippen LogP contribution in [0.4, 0.5) is 40.6 Å². The number of halogens is 4. The van der Waals surface area contributed by atoms with Crippen LogP contribution < -0.4 is 66.5 Å². The number of imidazole rings is 3. The number of piperidine rings is 3. The van der Waals surface area contributed by atoms with Crippen LogP contribution in [-0.2, 0) is 36.4 Å². The molecule has 686 valence electrons. The molecule has 18 rings (SSSR count). The minimum atomic E-state index is -4.64. The summed E-state index contributed by atoms with van der Waals surface area (Å²) in [6, 6.07) is 25.8. The zero-order valence-corrected chi connectivity index (χ0v) is 81.4. The molecule has 0 radical (unpaired) electrons. The number of nitrogens with one attached hydrogen (secondary N) is 3. The second-order valence-corrected chi connectivity index (χ2v) is 39.2. The molecular weight excluding hydrogens is 1890 g/mol. The number of fused-ring (bicyclic) bond motifs is 6. The van der Waals surface area contributed by atoms with E-state index in [1.54, 1.807) is 69.9 Å². The largest absolute Gasteiger partial charge is 1.00 e. The Bertz CT molecular complexity index is 6090. The molecule has 14 heterocycles. The van der Waals surface area contributed by atoms with E-state index >= 15 is 0 Å². The standard InChI is InChI=1S/C28H33N5O3S2.C23H25N5OS2.C20H29N5O2S.C8H5BrS.C2HF3O.H3N17.Na/c1-18-23(31-26(34)36-27(2,3)4)28(17-35-18)9-12-32(13-10-28)25-30-16-21(24-29-11-14-33(24)25)38-20-7-5-6-19-8-15-37-22(19)20;1-15-20(24)23(14-29-15)6-9-27(10-7-23)22-26-13-18(21-25-8-11-28(21)22)31-17-4-2-3-16-5-12-30-19(16)17;1-19(2,3)27-18(26)23-15-5-4-6-20(15)7-10-24(11-8-20)17-22-13-14(28)16-21-9-12-25(16)17;9-7-3-1-2-6-4-5-10-8(6)7;3-2(4,5)1-6;1-3-5-7-9-11-13-15-17-16-14-12-10-8-6-4-2;/h5-8,11,14-16,18,23H,9-10,12-13,17H2,1-4H3,(H,31,34);2-5,8,11-13,15,20H,6-7,9-10,14,24H2,1H3;9,12-13,15,28H,4-8,10-11H2,1-3H3,(H,23,26);1-5H;1H;(H3,1,2,5,6,9,10,13,14,17);/q;;;;;;+1/p-1/t18-,23+;15-,20+;15-;;;;/m001..../s1. The summed E-state index contributed by atoms with van der Waals surface area (Å²) in [6.07, 6.45) is 20.0. The number of hydrogen-bond donors (Lipinski definition) is 5. The second kappa shape index (κ2) is 45.4. The number of alkyl halides is 3. The summed E-state index contributed by atoms with van der Waals surface area (Å²) in [4.78, 5) is 73.9. The van der Waals surface area contributed by atoms with E-state index in [1.807, 2.05) is 96.2 Å². The average molecular weight is 1980 g/mol. The zero-order valence-electron chi connectivity index (χ0n) is 72.9. The molecule has 0 bridgehead atoms. The number of anilines is 3. The molecular formula is C81H95BrF3N32NaO7S6. The van der Waals surface area contributed by atoms with Gasteiger partial charge in [0, 0.05) is 146 Å². The number of aldehydes is 1. The molecule has 39 nitrogen and oxygen atoms in total. The molecule has 3 aromatic carbocycles. The summed E-state index contributed by atoms with van der Waals surface area (Å²) >= 11 is 17.6. The van der Waals surface area contributed by atoms with Crippen LogP contribution in [0.25, 0.3) is 47.2 Å². The van der Waals surface area contributed by atoms with E-state index < -0.39 is 23.7 Å². The number of nitrogens with two attached hydrogens (primary N) is 2. The summed E-state index contributed by atoms with van der Waals surface area (Å²) in [5.41, 5.74) is 14.5. The molecule has 5 aliphatic heterocycles. The molecule has 7 N–H and O–H groups in total. The van der Waals surface area contributed by atoms with Crippen molar-refractivity contribution in [3.8, 4) is 0 Å². The van der Waals surface area contributed by atoms with E-state index in [-0.39, 0.29) is 88.3 Å². The van der Waals surface area contributed by atoms with Gasteiger partial charge in [-0.2, -0.15) is 18.7 Å². The summed E-state index contributed by atoms with van der Waals surface area (Å²) in [5.74, 6) is 7.33. The summed E-state index contributed by atoms with van der Waals surface area (Å²) in [5, 5.41) is 59.8. The molecule has 50 heteroatoms. The van der Waals surface area contributed by atoms with Gasteiger partial charge in [-0.3, -0.25) is 18.0 Å². The number of nitrogens with zero attached hydrogens (tertiary/aromatic N) is 27. The van der Waals surface area contributed by atoms with Crippen molar-refractivity contribution >= 4 is 170 Å². The van der Waals surface area contributed by atoms with Crippen molar-refractivity contribution in [1.82, 2.24) is 53.7 Å². The van der Waals surface area contributed by atoms with E-state index in [0.29, 0.717) is 11.5 Å². The zero-order chi connectivity index (χ0) is 92.2. The Kier molecular flexibility index (Phi) is 34.6. The third-order valence-corrected chi connectivity index (χ3v) is 29.1. The normalized spacial score (nSPS) is 19.5. The number of alkyl carbamates (subject to hydrolysis) is 2. The maximum Gasteiger partial charge on any atom is 1.00 e. The average Bonchev–Trinajstić information content (AvgIpc) is 1.66. The van der Waals surface area contributed by atoms with Gasteiger partial charge in [-0.15, -0.1) is 38.9 Å². The fraction of sp³-hybridized carbons (Fsp3) is 0.444. The molecule has 1 saturated carbocycles. The smallest absolute Gasteiger partial charge is 0.775 e. The third-order valence-electron chi connectivity index (χ3n) is 22.6. The first-order chi connectivity index (χ1) is 62.5. The number of benzene rings is 3. The molecule has 3 spiro atoms. The number of amides is 2. The molecule has 5 atom stereocenters. The molecule has 2 amide bonds. The van der Waals surface area contributed by atoms with Gasteiger partial charge in [0.2, 0.25) is 24.1 Å². The van der Waals surface area contributed by atoms with Gasteiger partial charge in [-0.05, 0) is 270 Å². The topological polar surface area (TPSA) is 474 Å². The Morgan fingerprint density at radius 1 is 0.550 bits per heavy atom. The van der Waals surface area contributed by atoms with Crippen LogP contribution in [-0.4, -0.2) is 162 Å². The SMILES string of the molecule is Brc1cccc2ccsc12.CC(C)(C)OC(=O)N[C@@H]1CCCC12CCN(c1ncc([S-])c3nccn13)CC2.C[C@@H]1OCC2(CCN(c3ncc(Sc4cccc5ccsc45)c4nccn34)CC2)[C@@H]1N.C[C@@H]1OCC2(CCN(c3ncc(Sc4cccc5ccsc45)c4nccn34)CC2)[C@@H]1NC(=O)OC(C)(C)C.N=N/N=N/N=N/N=N/N=N/N=N/N=N/N=N/N.O=CC(F)(F)F.[Na+]. The molecule has 12 aromatic rings. The summed E-state index contributed by atoms with van der Waals surface area (Å²) < 4.78 is 65.6. The van der Waals surface area contributed by atoms with Gasteiger partial charge in [-0.25, -0.2) is 39.5 Å². The van der Waals surface area contributed by atoms with E-state index in [9.17, 15) is 22.8 Å². The first-order valence-electron chi connectivity index (χ1n) is 41.2. The molecule has 5 saturated heterocycles.